The SMILES string of the molecule is Cc1cc2c(cn1)cc(-c1cccc(Nc3noc(-c4ccc(O)cc4)n3)c1C)c(=O)n2C. The molecule has 0 saturated carbocycles. The van der Waals surface area contributed by atoms with Crippen LogP contribution < -0.4 is 10.9 Å². The second kappa shape index (κ2) is 7.90. The van der Waals surface area contributed by atoms with Crippen LogP contribution >= 0.6 is 0 Å². The monoisotopic (exact) mass is 439 g/mol. The van der Waals surface area contributed by atoms with Crippen LogP contribution in [0.5, 0.6) is 5.75 Å². The Morgan fingerprint density at radius 2 is 1.82 bits per heavy atom. The lowest BCUT2D eigenvalue weighted by atomic mass is 9.99. The van der Waals surface area contributed by atoms with Gasteiger partial charge in [-0.3, -0.25) is 9.78 Å². The molecule has 2 aromatic carbocycles. The third kappa shape index (κ3) is 3.71. The second-order valence-corrected chi connectivity index (χ2v) is 7.88. The van der Waals surface area contributed by atoms with Crippen LogP contribution in [0.2, 0.25) is 0 Å². The Hall–Kier alpha value is -4.46. The molecule has 0 fully saturated rings. The molecule has 3 aromatic heterocycles. The molecule has 0 atom stereocenters. The maximum absolute atomic E-state index is 13.2. The van der Waals surface area contributed by atoms with E-state index in [0.717, 1.165) is 33.4 Å². The van der Waals surface area contributed by atoms with Crippen LogP contribution in [0.15, 0.2) is 70.1 Å². The zero-order valence-electron chi connectivity index (χ0n) is 18.3. The largest absolute Gasteiger partial charge is 0.508 e. The maximum Gasteiger partial charge on any atom is 0.268 e. The van der Waals surface area contributed by atoms with Gasteiger partial charge in [0.2, 0.25) is 0 Å². The molecule has 0 aliphatic carbocycles. The predicted molar refractivity (Wildman–Crippen MR) is 127 cm³/mol. The summed E-state index contributed by atoms with van der Waals surface area (Å²) in [6, 6.07) is 16.0. The van der Waals surface area contributed by atoms with E-state index in [1.807, 2.05) is 44.2 Å². The van der Waals surface area contributed by atoms with Gasteiger partial charge in [-0.2, -0.15) is 4.98 Å². The Labute approximate surface area is 189 Å². The lowest BCUT2D eigenvalue weighted by molar-refractivity contribution is 0.432. The third-order valence-corrected chi connectivity index (χ3v) is 5.66. The van der Waals surface area contributed by atoms with Gasteiger partial charge in [0.05, 0.1) is 5.52 Å². The molecule has 0 aliphatic heterocycles. The van der Waals surface area contributed by atoms with E-state index in [2.05, 4.69) is 20.4 Å². The molecule has 33 heavy (non-hydrogen) atoms. The molecule has 8 heteroatoms. The summed E-state index contributed by atoms with van der Waals surface area (Å²) in [5.74, 6) is 0.789. The number of phenols is 1. The van der Waals surface area contributed by atoms with E-state index in [-0.39, 0.29) is 11.3 Å². The highest BCUT2D eigenvalue weighted by molar-refractivity contribution is 5.85. The fraction of sp³-hybridized carbons (Fsp3) is 0.120. The molecule has 0 aliphatic rings. The highest BCUT2D eigenvalue weighted by atomic mass is 16.5. The average molecular weight is 439 g/mol. The Morgan fingerprint density at radius 1 is 1.03 bits per heavy atom. The number of pyridine rings is 2. The first-order valence-electron chi connectivity index (χ1n) is 10.4. The third-order valence-electron chi connectivity index (χ3n) is 5.66. The van der Waals surface area contributed by atoms with Crippen molar-refractivity contribution in [1.82, 2.24) is 19.7 Å². The standard InChI is InChI=1S/C25H21N5O3/c1-14-11-22-17(13-26-14)12-20(24(32)30(22)3)19-5-4-6-21(15(19)2)27-25-28-23(33-29-25)16-7-9-18(31)10-8-16/h4-13,31H,1-3H3,(H,27,29). The Morgan fingerprint density at radius 3 is 2.61 bits per heavy atom. The van der Waals surface area contributed by atoms with Gasteiger partial charge in [0.25, 0.3) is 17.4 Å². The van der Waals surface area contributed by atoms with Gasteiger partial charge in [-0.25, -0.2) is 0 Å². The number of phenolic OH excluding ortho intramolecular Hbond substituents is 1. The first kappa shape index (κ1) is 20.4. The zero-order valence-corrected chi connectivity index (χ0v) is 18.3. The van der Waals surface area contributed by atoms with Crippen LogP contribution in [0.1, 0.15) is 11.3 Å². The molecule has 3 heterocycles. The van der Waals surface area contributed by atoms with E-state index in [9.17, 15) is 9.90 Å². The summed E-state index contributed by atoms with van der Waals surface area (Å²) in [7, 11) is 1.77. The number of anilines is 2. The van der Waals surface area contributed by atoms with Crippen molar-refractivity contribution in [3.63, 3.8) is 0 Å². The lowest BCUT2D eigenvalue weighted by Crippen LogP contribution is -2.19. The molecule has 164 valence electrons. The van der Waals surface area contributed by atoms with Crippen molar-refractivity contribution < 1.29 is 9.63 Å². The Balaban J connectivity index is 1.52. The van der Waals surface area contributed by atoms with Crippen LogP contribution in [0.4, 0.5) is 11.6 Å². The van der Waals surface area contributed by atoms with Gasteiger partial charge in [-0.05, 0) is 72.6 Å². The van der Waals surface area contributed by atoms with E-state index in [1.54, 1.807) is 42.1 Å². The van der Waals surface area contributed by atoms with E-state index < -0.39 is 0 Å². The van der Waals surface area contributed by atoms with Crippen LogP contribution in [-0.2, 0) is 7.05 Å². The fourth-order valence-electron chi connectivity index (χ4n) is 3.84. The quantitative estimate of drug-likeness (QED) is 0.417. The van der Waals surface area contributed by atoms with Crippen molar-refractivity contribution in [2.75, 3.05) is 5.32 Å². The summed E-state index contributed by atoms with van der Waals surface area (Å²) >= 11 is 0. The first-order valence-corrected chi connectivity index (χ1v) is 10.4. The topological polar surface area (TPSA) is 106 Å². The number of aromatic nitrogens is 4. The number of benzene rings is 2. The number of rotatable bonds is 4. The molecule has 0 amide bonds. The van der Waals surface area contributed by atoms with E-state index in [1.165, 1.54) is 0 Å². The molecule has 0 radical (unpaired) electrons. The number of nitrogens with zero attached hydrogens (tertiary/aromatic N) is 4. The van der Waals surface area contributed by atoms with Crippen molar-refractivity contribution in [2.24, 2.45) is 7.05 Å². The van der Waals surface area contributed by atoms with Gasteiger partial charge in [-0.1, -0.05) is 12.1 Å². The summed E-state index contributed by atoms with van der Waals surface area (Å²) in [6.45, 7) is 3.85. The number of hydrogen-bond donors (Lipinski definition) is 2. The predicted octanol–water partition coefficient (Wildman–Crippen LogP) is 4.72. The molecule has 5 rings (SSSR count). The van der Waals surface area contributed by atoms with E-state index >= 15 is 0 Å². The molecular formula is C25H21N5O3. The van der Waals surface area contributed by atoms with E-state index in [0.29, 0.717) is 23.0 Å². The summed E-state index contributed by atoms with van der Waals surface area (Å²) in [5, 5.41) is 17.5. The zero-order chi connectivity index (χ0) is 23.1. The Bertz CT molecular complexity index is 1550. The minimum atomic E-state index is -0.0810. The van der Waals surface area contributed by atoms with Crippen LogP contribution in [0.3, 0.4) is 0 Å². The minimum Gasteiger partial charge on any atom is -0.508 e. The Kier molecular flexibility index (Phi) is 4.90. The number of fused-ring (bicyclic) bond motifs is 1. The summed E-state index contributed by atoms with van der Waals surface area (Å²) in [4.78, 5) is 21.9. The molecule has 2 N–H and O–H groups in total. The highest BCUT2D eigenvalue weighted by Crippen LogP contribution is 2.30. The number of aromatic hydroxyl groups is 1. The van der Waals surface area contributed by atoms with Gasteiger partial charge < -0.3 is 19.5 Å². The smallest absolute Gasteiger partial charge is 0.268 e. The normalized spacial score (nSPS) is 11.1. The molecule has 0 saturated heterocycles. The average Bonchev–Trinajstić information content (AvgIpc) is 3.27. The van der Waals surface area contributed by atoms with Crippen LogP contribution in [-0.4, -0.2) is 24.8 Å². The van der Waals surface area contributed by atoms with Crippen LogP contribution in [0.25, 0.3) is 33.5 Å². The summed E-state index contributed by atoms with van der Waals surface area (Å²) in [6.07, 6.45) is 1.79. The van der Waals surface area contributed by atoms with Gasteiger partial charge in [0.15, 0.2) is 0 Å². The number of aryl methyl sites for hydroxylation is 2. The molecular weight excluding hydrogens is 418 g/mol. The fourth-order valence-corrected chi connectivity index (χ4v) is 3.84. The van der Waals surface area contributed by atoms with E-state index in [4.69, 9.17) is 4.52 Å². The molecule has 0 spiro atoms. The van der Waals surface area contributed by atoms with Crippen molar-refractivity contribution in [3.05, 3.63) is 82.4 Å². The second-order valence-electron chi connectivity index (χ2n) is 7.88. The van der Waals surface area contributed by atoms with Crippen molar-refractivity contribution in [2.45, 2.75) is 13.8 Å². The van der Waals surface area contributed by atoms with Crippen LogP contribution in [0, 0.1) is 13.8 Å². The van der Waals surface area contributed by atoms with Gasteiger partial charge in [0, 0.05) is 41.1 Å². The summed E-state index contributed by atoms with van der Waals surface area (Å²) in [5.41, 5.74) is 5.36. The maximum atomic E-state index is 13.2. The molecule has 0 unspecified atom stereocenters. The molecule has 0 bridgehead atoms. The van der Waals surface area contributed by atoms with Gasteiger partial charge in [-0.15, -0.1) is 0 Å². The highest BCUT2D eigenvalue weighted by Gasteiger charge is 2.15. The summed E-state index contributed by atoms with van der Waals surface area (Å²) < 4.78 is 7.00. The van der Waals surface area contributed by atoms with Crippen molar-refractivity contribution in [3.8, 4) is 28.3 Å². The van der Waals surface area contributed by atoms with Crippen molar-refractivity contribution in [1.29, 1.82) is 0 Å². The van der Waals surface area contributed by atoms with Crippen molar-refractivity contribution >= 4 is 22.5 Å². The lowest BCUT2D eigenvalue weighted by Gasteiger charge is -2.14. The van der Waals surface area contributed by atoms with Gasteiger partial charge in [0.1, 0.15) is 5.75 Å². The molecule has 8 nitrogen and oxygen atoms in total. The van der Waals surface area contributed by atoms with Gasteiger partial charge >= 0.3 is 0 Å². The number of nitrogens with one attached hydrogen (secondary N) is 1. The number of hydrogen-bond acceptors (Lipinski definition) is 7. The molecule has 5 aromatic rings. The minimum absolute atomic E-state index is 0.0810. The first-order chi connectivity index (χ1) is 15.9.